The molecule has 0 aliphatic carbocycles. The molecule has 0 aliphatic heterocycles. The fourth-order valence-electron chi connectivity index (χ4n) is 2.08. The van der Waals surface area contributed by atoms with Crippen molar-refractivity contribution in [3.8, 4) is 11.5 Å². The molecule has 0 bridgehead atoms. The van der Waals surface area contributed by atoms with Gasteiger partial charge in [0.25, 0.3) is 0 Å². The molecule has 0 amide bonds. The number of aliphatic carboxylic acids is 1. The molecule has 0 aliphatic rings. The number of nitrogens with zero attached hydrogens (tertiary/aromatic N) is 5. The Hall–Kier alpha value is -1.83. The summed E-state index contributed by atoms with van der Waals surface area (Å²) in [6.45, 7) is 8.02. The van der Waals surface area contributed by atoms with Crippen LogP contribution in [0.4, 0.5) is 0 Å². The monoisotopic (exact) mass is 309 g/mol. The van der Waals surface area contributed by atoms with E-state index in [1.165, 1.54) is 11.8 Å². The summed E-state index contributed by atoms with van der Waals surface area (Å²) in [7, 11) is 1.86. The second kappa shape index (κ2) is 5.51. The van der Waals surface area contributed by atoms with Crippen LogP contribution >= 0.6 is 11.8 Å². The van der Waals surface area contributed by atoms with Crippen LogP contribution in [0, 0.1) is 6.92 Å². The first-order chi connectivity index (χ1) is 9.70. The molecular weight excluding hydrogens is 290 g/mol. The van der Waals surface area contributed by atoms with Gasteiger partial charge in [0.15, 0.2) is 11.0 Å². The highest BCUT2D eigenvalue weighted by atomic mass is 32.2. The van der Waals surface area contributed by atoms with Crippen molar-refractivity contribution in [2.24, 2.45) is 7.05 Å². The van der Waals surface area contributed by atoms with Gasteiger partial charge in [-0.25, -0.2) is 0 Å². The first kappa shape index (κ1) is 15.6. The van der Waals surface area contributed by atoms with E-state index in [1.54, 1.807) is 4.68 Å². The molecular formula is C13H19N5O2S. The highest BCUT2D eigenvalue weighted by Crippen LogP contribution is 2.30. The quantitative estimate of drug-likeness (QED) is 0.868. The van der Waals surface area contributed by atoms with Gasteiger partial charge in [0, 0.05) is 12.6 Å². The summed E-state index contributed by atoms with van der Waals surface area (Å²) in [5, 5.41) is 22.2. The van der Waals surface area contributed by atoms with Crippen molar-refractivity contribution < 1.29 is 9.90 Å². The van der Waals surface area contributed by atoms with Crippen LogP contribution in [0.2, 0.25) is 0 Å². The molecule has 21 heavy (non-hydrogen) atoms. The van der Waals surface area contributed by atoms with Crippen molar-refractivity contribution in [1.29, 1.82) is 0 Å². The van der Waals surface area contributed by atoms with E-state index in [0.717, 1.165) is 11.4 Å². The zero-order chi connectivity index (χ0) is 15.8. The molecule has 0 spiro atoms. The highest BCUT2D eigenvalue weighted by Gasteiger charge is 2.26. The van der Waals surface area contributed by atoms with E-state index in [4.69, 9.17) is 5.11 Å². The highest BCUT2D eigenvalue weighted by molar-refractivity contribution is 7.99. The third-order valence-corrected chi connectivity index (χ3v) is 3.77. The molecule has 0 radical (unpaired) electrons. The van der Waals surface area contributed by atoms with Crippen molar-refractivity contribution in [2.45, 2.75) is 38.4 Å². The van der Waals surface area contributed by atoms with Crippen LogP contribution in [-0.2, 0) is 17.4 Å². The Kier molecular flexibility index (Phi) is 4.08. The molecule has 0 saturated carbocycles. The summed E-state index contributed by atoms with van der Waals surface area (Å²) in [5.74, 6) is -0.224. The summed E-state index contributed by atoms with van der Waals surface area (Å²) >= 11 is 1.17. The van der Waals surface area contributed by atoms with Crippen LogP contribution in [0.5, 0.6) is 0 Å². The van der Waals surface area contributed by atoms with E-state index >= 15 is 0 Å². The molecule has 1 N–H and O–H groups in total. The minimum Gasteiger partial charge on any atom is -0.481 e. The summed E-state index contributed by atoms with van der Waals surface area (Å²) in [6, 6.07) is 1.94. The van der Waals surface area contributed by atoms with Crippen molar-refractivity contribution in [3.63, 3.8) is 0 Å². The molecule has 0 fully saturated rings. The fraction of sp³-hybridized carbons (Fsp3) is 0.538. The number of aryl methyl sites for hydroxylation is 2. The Balaban J connectivity index is 2.52. The van der Waals surface area contributed by atoms with E-state index in [1.807, 2.05) is 45.4 Å². The van der Waals surface area contributed by atoms with Gasteiger partial charge in [0.1, 0.15) is 5.69 Å². The van der Waals surface area contributed by atoms with Gasteiger partial charge in [-0.1, -0.05) is 11.8 Å². The lowest BCUT2D eigenvalue weighted by atomic mass is 10.1. The SMILES string of the molecule is Cc1cc(-c2nnc(SCC(=O)O)n2C(C)(C)C)n(C)n1. The Labute approximate surface area is 127 Å². The first-order valence-electron chi connectivity index (χ1n) is 6.51. The van der Waals surface area contributed by atoms with Crippen LogP contribution in [0.3, 0.4) is 0 Å². The standard InChI is InChI=1S/C13H19N5O2S/c1-8-6-9(17(5)16-8)11-14-15-12(21-7-10(19)20)18(11)13(2,3)4/h6H,7H2,1-5H3,(H,19,20). The van der Waals surface area contributed by atoms with Crippen molar-refractivity contribution >= 4 is 17.7 Å². The van der Waals surface area contributed by atoms with Crippen molar-refractivity contribution in [3.05, 3.63) is 11.8 Å². The molecule has 0 atom stereocenters. The Morgan fingerprint density at radius 3 is 2.52 bits per heavy atom. The molecule has 2 rings (SSSR count). The van der Waals surface area contributed by atoms with Gasteiger partial charge >= 0.3 is 5.97 Å². The summed E-state index contributed by atoms with van der Waals surface area (Å²) in [6.07, 6.45) is 0. The smallest absolute Gasteiger partial charge is 0.313 e. The second-order valence-corrected chi connectivity index (χ2v) is 6.73. The van der Waals surface area contributed by atoms with Gasteiger partial charge < -0.3 is 5.11 Å². The maximum absolute atomic E-state index is 10.8. The molecule has 0 saturated heterocycles. The number of thioether (sulfide) groups is 1. The molecule has 8 heteroatoms. The summed E-state index contributed by atoms with van der Waals surface area (Å²) in [5.41, 5.74) is 1.49. The van der Waals surface area contributed by atoms with Gasteiger partial charge in [0.05, 0.1) is 11.4 Å². The zero-order valence-electron chi connectivity index (χ0n) is 12.8. The van der Waals surface area contributed by atoms with Crippen LogP contribution in [-0.4, -0.2) is 41.4 Å². The molecule has 0 aromatic carbocycles. The summed E-state index contributed by atoms with van der Waals surface area (Å²) in [4.78, 5) is 10.8. The van der Waals surface area contributed by atoms with Gasteiger partial charge in [-0.05, 0) is 33.8 Å². The maximum atomic E-state index is 10.8. The van der Waals surface area contributed by atoms with Crippen LogP contribution < -0.4 is 0 Å². The van der Waals surface area contributed by atoms with Crippen LogP contribution in [0.25, 0.3) is 11.5 Å². The largest absolute Gasteiger partial charge is 0.481 e. The topological polar surface area (TPSA) is 85.8 Å². The van der Waals surface area contributed by atoms with Crippen molar-refractivity contribution in [2.75, 3.05) is 5.75 Å². The van der Waals surface area contributed by atoms with E-state index in [-0.39, 0.29) is 11.3 Å². The van der Waals surface area contributed by atoms with Gasteiger partial charge in [-0.15, -0.1) is 10.2 Å². The predicted octanol–water partition coefficient (Wildman–Crippen LogP) is 1.92. The number of carboxylic acids is 1. The zero-order valence-corrected chi connectivity index (χ0v) is 13.6. The minimum atomic E-state index is -0.874. The molecule has 0 unspecified atom stereocenters. The molecule has 2 aromatic heterocycles. The number of aromatic nitrogens is 5. The van der Waals surface area contributed by atoms with E-state index in [0.29, 0.717) is 11.0 Å². The third kappa shape index (κ3) is 3.26. The minimum absolute atomic E-state index is 0.0430. The summed E-state index contributed by atoms with van der Waals surface area (Å²) < 4.78 is 3.71. The average Bonchev–Trinajstić information content (AvgIpc) is 2.88. The lowest BCUT2D eigenvalue weighted by Crippen LogP contribution is -2.24. The van der Waals surface area contributed by atoms with Gasteiger partial charge in [-0.2, -0.15) is 5.10 Å². The predicted molar refractivity (Wildman–Crippen MR) is 80.3 cm³/mol. The van der Waals surface area contributed by atoms with Gasteiger partial charge in [0.2, 0.25) is 0 Å². The van der Waals surface area contributed by atoms with E-state index < -0.39 is 5.97 Å². The maximum Gasteiger partial charge on any atom is 0.313 e. The Morgan fingerprint density at radius 2 is 2.05 bits per heavy atom. The number of hydrogen-bond acceptors (Lipinski definition) is 5. The average molecular weight is 309 g/mol. The van der Waals surface area contributed by atoms with Gasteiger partial charge in [-0.3, -0.25) is 14.0 Å². The number of rotatable bonds is 4. The molecule has 114 valence electrons. The molecule has 2 heterocycles. The third-order valence-electron chi connectivity index (χ3n) is 2.86. The Bertz CT molecular complexity index is 669. The number of hydrogen-bond donors (Lipinski definition) is 1. The van der Waals surface area contributed by atoms with E-state index in [9.17, 15) is 4.79 Å². The molecule has 7 nitrogen and oxygen atoms in total. The lowest BCUT2D eigenvalue weighted by molar-refractivity contribution is -0.133. The van der Waals surface area contributed by atoms with E-state index in [2.05, 4.69) is 15.3 Å². The van der Waals surface area contributed by atoms with Crippen molar-refractivity contribution in [1.82, 2.24) is 24.5 Å². The number of carbonyl (C=O) groups is 1. The number of carboxylic acid groups (broad SMARTS) is 1. The fourth-order valence-corrected chi connectivity index (χ4v) is 2.92. The second-order valence-electron chi connectivity index (χ2n) is 5.79. The normalized spacial score (nSPS) is 11.9. The Morgan fingerprint density at radius 1 is 1.38 bits per heavy atom. The molecule has 2 aromatic rings. The van der Waals surface area contributed by atoms with Crippen LogP contribution in [0.1, 0.15) is 26.5 Å². The first-order valence-corrected chi connectivity index (χ1v) is 7.50. The van der Waals surface area contributed by atoms with Crippen LogP contribution in [0.15, 0.2) is 11.2 Å². The lowest BCUT2D eigenvalue weighted by Gasteiger charge is -2.24.